The number of nitrogens with zero attached hydrogens (tertiary/aromatic N) is 5. The second kappa shape index (κ2) is 6.41. The average molecular weight is 385 g/mol. The third-order valence-corrected chi connectivity index (χ3v) is 4.43. The van der Waals surface area contributed by atoms with Crippen LogP contribution >= 0.6 is 0 Å². The first kappa shape index (κ1) is 17.6. The number of halogens is 2. The first-order chi connectivity index (χ1) is 13.3. The molecule has 0 amide bonds. The molecule has 8 nitrogen and oxygen atoms in total. The van der Waals surface area contributed by atoms with Crippen molar-refractivity contribution in [1.82, 2.24) is 24.3 Å². The van der Waals surface area contributed by atoms with Crippen LogP contribution in [0.25, 0.3) is 22.2 Å². The van der Waals surface area contributed by atoms with Crippen molar-refractivity contribution < 1.29 is 14.0 Å². The Bertz CT molecular complexity index is 1340. The molecule has 0 aliphatic rings. The molecule has 0 spiro atoms. The molecule has 142 valence electrons. The molecule has 0 bridgehead atoms. The van der Waals surface area contributed by atoms with Gasteiger partial charge in [0, 0.05) is 24.2 Å². The second-order valence-electron chi connectivity index (χ2n) is 6.23. The average Bonchev–Trinajstić information content (AvgIpc) is 3.15. The van der Waals surface area contributed by atoms with Gasteiger partial charge < -0.3 is 5.21 Å². The molecule has 0 saturated heterocycles. The number of benzene rings is 2. The van der Waals surface area contributed by atoms with Gasteiger partial charge in [-0.25, -0.2) is 18.3 Å². The topological polar surface area (TPSA) is 94.9 Å². The van der Waals surface area contributed by atoms with Gasteiger partial charge in [0.05, 0.1) is 23.6 Å². The monoisotopic (exact) mass is 385 g/mol. The second-order valence-corrected chi connectivity index (χ2v) is 6.23. The largest absolute Gasteiger partial charge is 0.421 e. The van der Waals surface area contributed by atoms with E-state index in [1.807, 2.05) is 0 Å². The molecule has 2 heterocycles. The van der Waals surface area contributed by atoms with Gasteiger partial charge in [0.2, 0.25) is 0 Å². The van der Waals surface area contributed by atoms with E-state index in [1.165, 1.54) is 23.9 Å². The first-order valence-electron chi connectivity index (χ1n) is 8.14. The molecule has 0 atom stereocenters. The SMILES string of the molecule is Cn1c(=O)n(O)c(=O)c2cc(-c3cn(Cc4ccc(F)cc4F)nn3)ccc21. The van der Waals surface area contributed by atoms with E-state index in [2.05, 4.69) is 10.3 Å². The highest BCUT2D eigenvalue weighted by atomic mass is 19.1. The summed E-state index contributed by atoms with van der Waals surface area (Å²) in [7, 11) is 1.43. The normalized spacial score (nSPS) is 11.2. The molecule has 0 aliphatic carbocycles. The molecule has 0 unspecified atom stereocenters. The fourth-order valence-electron chi connectivity index (χ4n) is 2.94. The fraction of sp³-hybridized carbons (Fsp3) is 0.111. The third kappa shape index (κ3) is 2.84. The van der Waals surface area contributed by atoms with Crippen LogP contribution in [0.15, 0.2) is 52.2 Å². The number of hydrogen-bond acceptors (Lipinski definition) is 5. The highest BCUT2D eigenvalue weighted by Crippen LogP contribution is 2.20. The molecule has 28 heavy (non-hydrogen) atoms. The van der Waals surface area contributed by atoms with Gasteiger partial charge in [-0.2, -0.15) is 0 Å². The maximum absolute atomic E-state index is 13.8. The zero-order valence-corrected chi connectivity index (χ0v) is 14.5. The summed E-state index contributed by atoms with van der Waals surface area (Å²) in [6.07, 6.45) is 1.55. The lowest BCUT2D eigenvalue weighted by molar-refractivity contribution is 0.158. The van der Waals surface area contributed by atoms with E-state index in [4.69, 9.17) is 0 Å². The quantitative estimate of drug-likeness (QED) is 0.540. The van der Waals surface area contributed by atoms with Crippen molar-refractivity contribution >= 4 is 10.9 Å². The van der Waals surface area contributed by atoms with E-state index in [-0.39, 0.29) is 22.2 Å². The summed E-state index contributed by atoms with van der Waals surface area (Å²) in [4.78, 5) is 24.0. The minimum Gasteiger partial charge on any atom is -0.421 e. The number of fused-ring (bicyclic) bond motifs is 1. The molecule has 0 fully saturated rings. The van der Waals surface area contributed by atoms with Gasteiger partial charge in [0.1, 0.15) is 17.3 Å². The Morgan fingerprint density at radius 3 is 2.64 bits per heavy atom. The maximum Gasteiger partial charge on any atom is 0.364 e. The Hall–Kier alpha value is -3.82. The Morgan fingerprint density at radius 2 is 1.89 bits per heavy atom. The van der Waals surface area contributed by atoms with Gasteiger partial charge in [0.15, 0.2) is 0 Å². The van der Waals surface area contributed by atoms with Crippen LogP contribution in [0.5, 0.6) is 0 Å². The van der Waals surface area contributed by atoms with Gasteiger partial charge in [-0.3, -0.25) is 9.36 Å². The van der Waals surface area contributed by atoms with Gasteiger partial charge in [-0.05, 0) is 18.2 Å². The van der Waals surface area contributed by atoms with Gasteiger partial charge in [0.25, 0.3) is 5.56 Å². The molecule has 0 saturated carbocycles. The van der Waals surface area contributed by atoms with E-state index < -0.39 is 22.9 Å². The van der Waals surface area contributed by atoms with Crippen molar-refractivity contribution in [3.63, 3.8) is 0 Å². The first-order valence-corrected chi connectivity index (χ1v) is 8.14. The standard InChI is InChI=1S/C18H13F2N5O3/c1-23-16-5-3-10(6-13(16)17(26)25(28)18(23)27)15-9-24(22-21-15)8-11-2-4-12(19)7-14(11)20/h2-7,9,28H,8H2,1H3. The van der Waals surface area contributed by atoms with Crippen LogP contribution in [0.3, 0.4) is 0 Å². The Balaban J connectivity index is 1.73. The summed E-state index contributed by atoms with van der Waals surface area (Å²) in [6, 6.07) is 7.97. The smallest absolute Gasteiger partial charge is 0.364 e. The lowest BCUT2D eigenvalue weighted by Crippen LogP contribution is -2.37. The predicted octanol–water partition coefficient (Wildman–Crippen LogP) is 1.52. The van der Waals surface area contributed by atoms with E-state index in [1.54, 1.807) is 18.3 Å². The summed E-state index contributed by atoms with van der Waals surface area (Å²) in [6.45, 7) is 0.0463. The minimum absolute atomic E-state index is 0.0419. The lowest BCUT2D eigenvalue weighted by atomic mass is 10.1. The maximum atomic E-state index is 13.8. The molecule has 2 aromatic heterocycles. The van der Waals surface area contributed by atoms with Crippen LogP contribution in [0, 0.1) is 11.6 Å². The van der Waals surface area contributed by atoms with Gasteiger partial charge in [-0.1, -0.05) is 22.1 Å². The van der Waals surface area contributed by atoms with Crippen molar-refractivity contribution in [2.75, 3.05) is 0 Å². The molecular formula is C18H13F2N5O3. The molecule has 10 heteroatoms. The van der Waals surface area contributed by atoms with E-state index in [0.29, 0.717) is 16.8 Å². The Labute approximate surface area is 155 Å². The van der Waals surface area contributed by atoms with Gasteiger partial charge in [-0.15, -0.1) is 5.10 Å². The van der Waals surface area contributed by atoms with Crippen LogP contribution in [0.2, 0.25) is 0 Å². The lowest BCUT2D eigenvalue weighted by Gasteiger charge is -2.07. The fourth-order valence-corrected chi connectivity index (χ4v) is 2.94. The molecule has 2 aromatic carbocycles. The highest BCUT2D eigenvalue weighted by molar-refractivity contribution is 5.83. The molecular weight excluding hydrogens is 372 g/mol. The summed E-state index contributed by atoms with van der Waals surface area (Å²) >= 11 is 0. The molecule has 4 rings (SSSR count). The van der Waals surface area contributed by atoms with E-state index >= 15 is 0 Å². The summed E-state index contributed by atoms with van der Waals surface area (Å²) in [5.74, 6) is -1.35. The van der Waals surface area contributed by atoms with Crippen molar-refractivity contribution in [2.45, 2.75) is 6.54 Å². The number of rotatable bonds is 3. The van der Waals surface area contributed by atoms with Crippen LogP contribution in [-0.4, -0.2) is 29.5 Å². The molecule has 1 N–H and O–H groups in total. The van der Waals surface area contributed by atoms with Crippen molar-refractivity contribution in [1.29, 1.82) is 0 Å². The van der Waals surface area contributed by atoms with Crippen LogP contribution < -0.4 is 11.2 Å². The number of aromatic nitrogens is 5. The van der Waals surface area contributed by atoms with Crippen molar-refractivity contribution in [3.05, 3.63) is 80.6 Å². The minimum atomic E-state index is -0.850. The molecule has 4 aromatic rings. The summed E-state index contributed by atoms with van der Waals surface area (Å²) in [5, 5.41) is 17.7. The van der Waals surface area contributed by atoms with Crippen LogP contribution in [0.4, 0.5) is 8.78 Å². The highest BCUT2D eigenvalue weighted by Gasteiger charge is 2.13. The van der Waals surface area contributed by atoms with Gasteiger partial charge >= 0.3 is 5.69 Å². The summed E-state index contributed by atoms with van der Waals surface area (Å²) in [5.41, 5.74) is -0.172. The van der Waals surface area contributed by atoms with Crippen LogP contribution in [-0.2, 0) is 13.6 Å². The molecule has 0 radical (unpaired) electrons. The Morgan fingerprint density at radius 1 is 1.11 bits per heavy atom. The van der Waals surface area contributed by atoms with E-state index in [0.717, 1.165) is 16.7 Å². The van der Waals surface area contributed by atoms with E-state index in [9.17, 15) is 23.6 Å². The van der Waals surface area contributed by atoms with Crippen molar-refractivity contribution in [2.24, 2.45) is 7.05 Å². The summed E-state index contributed by atoms with van der Waals surface area (Å²) < 4.78 is 29.4. The third-order valence-electron chi connectivity index (χ3n) is 4.43. The Kier molecular flexibility index (Phi) is 4.03. The number of aryl methyl sites for hydroxylation is 1. The van der Waals surface area contributed by atoms with Crippen molar-refractivity contribution in [3.8, 4) is 11.3 Å². The molecule has 0 aliphatic heterocycles. The zero-order valence-electron chi connectivity index (χ0n) is 14.5. The predicted molar refractivity (Wildman–Crippen MR) is 95.1 cm³/mol. The van der Waals surface area contributed by atoms with Crippen LogP contribution in [0.1, 0.15) is 5.56 Å². The number of hydrogen-bond donors (Lipinski definition) is 1. The zero-order chi connectivity index (χ0) is 20.0.